The Bertz CT molecular complexity index is 1350. The molecule has 3 aromatic rings. The molecule has 170 valence electrons. The van der Waals surface area contributed by atoms with E-state index in [0.717, 1.165) is 21.2 Å². The minimum Gasteiger partial charge on any atom is -0.322 e. The van der Waals surface area contributed by atoms with Gasteiger partial charge in [-0.05, 0) is 41.5 Å². The molecule has 0 aromatic heterocycles. The van der Waals surface area contributed by atoms with Crippen LogP contribution in [0.4, 0.5) is 5.69 Å². The molecule has 8 heteroatoms. The lowest BCUT2D eigenvalue weighted by Crippen LogP contribution is -3.19. The summed E-state index contributed by atoms with van der Waals surface area (Å²) in [6.45, 7) is 3.47. The van der Waals surface area contributed by atoms with Gasteiger partial charge in [0.2, 0.25) is 15.9 Å². The molecular formula is C25H26N3O4S+. The van der Waals surface area contributed by atoms with Crippen LogP contribution < -0.4 is 9.80 Å². The minimum atomic E-state index is -3.63. The zero-order valence-corrected chi connectivity index (χ0v) is 19.2. The maximum atomic E-state index is 13.2. The molecule has 2 aliphatic heterocycles. The average molecular weight is 465 g/mol. The van der Waals surface area contributed by atoms with Gasteiger partial charge >= 0.3 is 0 Å². The van der Waals surface area contributed by atoms with Crippen LogP contribution in [-0.4, -0.2) is 56.8 Å². The molecule has 33 heavy (non-hydrogen) atoms. The molecule has 2 heterocycles. The molecule has 0 unspecified atom stereocenters. The number of nitrogens with one attached hydrogen (secondary N) is 1. The first-order valence-corrected chi connectivity index (χ1v) is 12.6. The number of hydrogen-bond donors (Lipinski definition) is 1. The van der Waals surface area contributed by atoms with Crippen LogP contribution in [0, 0.1) is 6.92 Å². The normalized spacial score (nSPS) is 20.6. The summed E-state index contributed by atoms with van der Waals surface area (Å²) >= 11 is 0. The lowest BCUT2D eigenvalue weighted by atomic mass is 10.1. The number of sulfonamides is 1. The maximum absolute atomic E-state index is 13.2. The summed E-state index contributed by atoms with van der Waals surface area (Å²) in [4.78, 5) is 28.4. The predicted octanol–water partition coefficient (Wildman–Crippen LogP) is 1.37. The molecule has 0 aliphatic carbocycles. The number of piperazine rings is 1. The highest BCUT2D eigenvalue weighted by Crippen LogP contribution is 2.26. The van der Waals surface area contributed by atoms with Gasteiger partial charge in [-0.1, -0.05) is 48.5 Å². The monoisotopic (exact) mass is 464 g/mol. The van der Waals surface area contributed by atoms with Gasteiger partial charge in [0.1, 0.15) is 0 Å². The highest BCUT2D eigenvalue weighted by molar-refractivity contribution is 7.89. The summed E-state index contributed by atoms with van der Waals surface area (Å²) < 4.78 is 28.0. The smallest absolute Gasteiger partial charge is 0.292 e. The molecular weight excluding hydrogens is 438 g/mol. The number of anilines is 1. The highest BCUT2D eigenvalue weighted by atomic mass is 32.2. The van der Waals surface area contributed by atoms with Crippen LogP contribution in [-0.2, 0) is 19.6 Å². The number of carbonyl (C=O) groups excluding carboxylic acids is 2. The van der Waals surface area contributed by atoms with E-state index >= 15 is 0 Å². The number of benzene rings is 3. The number of para-hydroxylation sites is 1. The minimum absolute atomic E-state index is 0.153. The first kappa shape index (κ1) is 21.8. The zero-order valence-electron chi connectivity index (χ0n) is 18.4. The van der Waals surface area contributed by atoms with E-state index in [2.05, 4.69) is 0 Å². The van der Waals surface area contributed by atoms with Crippen LogP contribution >= 0.6 is 0 Å². The summed E-state index contributed by atoms with van der Waals surface area (Å²) in [5.41, 5.74) is 1.51. The van der Waals surface area contributed by atoms with E-state index in [4.69, 9.17) is 0 Å². The van der Waals surface area contributed by atoms with Crippen LogP contribution in [0.1, 0.15) is 12.0 Å². The molecule has 3 aromatic carbocycles. The van der Waals surface area contributed by atoms with E-state index in [-0.39, 0.29) is 23.1 Å². The van der Waals surface area contributed by atoms with E-state index in [1.165, 1.54) is 9.21 Å². The molecule has 7 nitrogen and oxygen atoms in total. The largest absolute Gasteiger partial charge is 0.322 e. The van der Waals surface area contributed by atoms with Crippen molar-refractivity contribution in [2.75, 3.05) is 31.1 Å². The number of nitrogens with zero attached hydrogens (tertiary/aromatic N) is 2. The summed E-state index contributed by atoms with van der Waals surface area (Å²) in [5.74, 6) is -0.395. The lowest BCUT2D eigenvalue weighted by molar-refractivity contribution is -0.918. The molecule has 1 N–H and O–H groups in total. The molecule has 2 fully saturated rings. The highest BCUT2D eigenvalue weighted by Gasteiger charge is 2.47. The fourth-order valence-electron chi connectivity index (χ4n) is 4.86. The summed E-state index contributed by atoms with van der Waals surface area (Å²) in [6, 6.07) is 19.8. The van der Waals surface area contributed by atoms with Gasteiger partial charge in [-0.3, -0.25) is 9.59 Å². The zero-order chi connectivity index (χ0) is 23.2. The van der Waals surface area contributed by atoms with Crippen molar-refractivity contribution in [2.45, 2.75) is 24.3 Å². The van der Waals surface area contributed by atoms with E-state index in [9.17, 15) is 18.0 Å². The predicted molar refractivity (Wildman–Crippen MR) is 125 cm³/mol. The van der Waals surface area contributed by atoms with Crippen molar-refractivity contribution in [1.82, 2.24) is 4.31 Å². The van der Waals surface area contributed by atoms with Gasteiger partial charge in [-0.15, -0.1) is 0 Å². The number of quaternary nitrogens is 1. The molecule has 1 atom stereocenters. The third-order valence-corrected chi connectivity index (χ3v) is 8.61. The molecule has 2 amide bonds. The number of hydrogen-bond acceptors (Lipinski definition) is 4. The number of carbonyl (C=O) groups is 2. The summed E-state index contributed by atoms with van der Waals surface area (Å²) in [7, 11) is -3.63. The Labute approximate surface area is 193 Å². The summed E-state index contributed by atoms with van der Waals surface area (Å²) in [6.07, 6.45) is 0.153. The quantitative estimate of drug-likeness (QED) is 0.592. The fraction of sp³-hybridized carbons (Fsp3) is 0.280. The molecule has 0 radical (unpaired) electrons. The molecule has 0 spiro atoms. The summed E-state index contributed by atoms with van der Waals surface area (Å²) in [5, 5.41) is 1.88. The number of fused-ring (bicyclic) bond motifs is 1. The fourth-order valence-corrected chi connectivity index (χ4v) is 6.33. The Morgan fingerprint density at radius 1 is 0.879 bits per heavy atom. The molecule has 0 saturated carbocycles. The number of imide groups is 1. The Balaban J connectivity index is 1.30. The first-order valence-electron chi connectivity index (χ1n) is 11.1. The van der Waals surface area contributed by atoms with Crippen molar-refractivity contribution >= 4 is 38.3 Å². The van der Waals surface area contributed by atoms with Gasteiger partial charge in [0.15, 0.2) is 6.04 Å². The van der Waals surface area contributed by atoms with Crippen molar-refractivity contribution in [1.29, 1.82) is 0 Å². The number of rotatable bonds is 4. The second-order valence-corrected chi connectivity index (χ2v) is 10.6. The lowest BCUT2D eigenvalue weighted by Gasteiger charge is -2.33. The van der Waals surface area contributed by atoms with Gasteiger partial charge in [-0.2, -0.15) is 4.31 Å². The Hall–Kier alpha value is -3.07. The average Bonchev–Trinajstić information content (AvgIpc) is 3.13. The van der Waals surface area contributed by atoms with E-state index in [1.807, 2.05) is 55.5 Å². The van der Waals surface area contributed by atoms with Crippen molar-refractivity contribution in [3.63, 3.8) is 0 Å². The van der Waals surface area contributed by atoms with Crippen LogP contribution in [0.2, 0.25) is 0 Å². The van der Waals surface area contributed by atoms with Crippen LogP contribution in [0.3, 0.4) is 0 Å². The van der Waals surface area contributed by atoms with Gasteiger partial charge in [0.25, 0.3) is 5.91 Å². The van der Waals surface area contributed by atoms with Crippen molar-refractivity contribution in [3.05, 3.63) is 72.3 Å². The topological polar surface area (TPSA) is 79.2 Å². The molecule has 5 rings (SSSR count). The van der Waals surface area contributed by atoms with Gasteiger partial charge in [0.05, 0.1) is 43.2 Å². The van der Waals surface area contributed by atoms with Crippen molar-refractivity contribution < 1.29 is 22.9 Å². The van der Waals surface area contributed by atoms with E-state index in [1.54, 1.807) is 18.2 Å². The van der Waals surface area contributed by atoms with Gasteiger partial charge < -0.3 is 4.90 Å². The van der Waals surface area contributed by atoms with Gasteiger partial charge in [0, 0.05) is 0 Å². The van der Waals surface area contributed by atoms with Crippen molar-refractivity contribution in [3.8, 4) is 0 Å². The Morgan fingerprint density at radius 2 is 1.55 bits per heavy atom. The Morgan fingerprint density at radius 3 is 2.27 bits per heavy atom. The van der Waals surface area contributed by atoms with Crippen molar-refractivity contribution in [2.24, 2.45) is 0 Å². The third-order valence-electron chi connectivity index (χ3n) is 6.72. The number of amides is 2. The molecule has 2 saturated heterocycles. The van der Waals surface area contributed by atoms with Gasteiger partial charge in [-0.25, -0.2) is 13.3 Å². The first-order chi connectivity index (χ1) is 15.9. The maximum Gasteiger partial charge on any atom is 0.292 e. The van der Waals surface area contributed by atoms with Crippen LogP contribution in [0.5, 0.6) is 0 Å². The van der Waals surface area contributed by atoms with Crippen LogP contribution in [0.15, 0.2) is 71.6 Å². The standard InChI is InChI=1S/C25H25N3O4S/c1-18-6-2-5-9-22(18)28-24(29)17-23(25(28)30)26-12-14-27(15-13-26)33(31,32)21-11-10-19-7-3-4-8-20(19)16-21/h2-11,16,23H,12-15,17H2,1H3/p+1/t23-/m0/s1. The third kappa shape index (κ3) is 3.84. The Kier molecular flexibility index (Phi) is 5.52. The SMILES string of the molecule is Cc1ccccc1N1C(=O)C[C@H]([NH+]2CCN(S(=O)(=O)c3ccc4ccccc4c3)CC2)C1=O. The molecule has 2 aliphatic rings. The van der Waals surface area contributed by atoms with E-state index in [0.29, 0.717) is 31.9 Å². The second-order valence-electron chi connectivity index (χ2n) is 8.68. The second kappa shape index (κ2) is 8.37. The molecule has 0 bridgehead atoms. The van der Waals surface area contributed by atoms with E-state index < -0.39 is 16.1 Å². The van der Waals surface area contributed by atoms with Crippen LogP contribution in [0.25, 0.3) is 10.8 Å². The number of aryl methyl sites for hydroxylation is 1.